The Morgan fingerprint density at radius 2 is 1.70 bits per heavy atom. The molecule has 218 valence electrons. The van der Waals surface area contributed by atoms with Gasteiger partial charge in [0.05, 0.1) is 11.3 Å². The molecular formula is C32H46N4O4. The van der Waals surface area contributed by atoms with Gasteiger partial charge in [0.1, 0.15) is 5.60 Å². The molecule has 40 heavy (non-hydrogen) atoms. The van der Waals surface area contributed by atoms with E-state index < -0.39 is 5.60 Å². The topological polar surface area (TPSA) is 104 Å². The summed E-state index contributed by atoms with van der Waals surface area (Å²) in [6, 6.07) is 6.09. The molecule has 3 rings (SSSR count). The van der Waals surface area contributed by atoms with Crippen LogP contribution in [0.25, 0.3) is 5.57 Å². The van der Waals surface area contributed by atoms with Gasteiger partial charge in [-0.25, -0.2) is 4.79 Å². The number of H-pyrrole nitrogens is 1. The number of nitrogens with one attached hydrogen (secondary N) is 3. The number of aromatic amines is 1. The van der Waals surface area contributed by atoms with Gasteiger partial charge >= 0.3 is 6.09 Å². The Balaban J connectivity index is 1.95. The third-order valence-electron chi connectivity index (χ3n) is 7.48. The zero-order valence-corrected chi connectivity index (χ0v) is 25.6. The molecular weight excluding hydrogens is 504 g/mol. The van der Waals surface area contributed by atoms with E-state index in [1.807, 2.05) is 53.8 Å². The van der Waals surface area contributed by atoms with Crippen molar-refractivity contribution in [1.82, 2.24) is 15.2 Å². The molecule has 1 aliphatic heterocycles. The number of nitrogens with zero attached hydrogens (tertiary/aromatic N) is 1. The Hall–Kier alpha value is -3.55. The molecule has 0 atom stereocenters. The maximum absolute atomic E-state index is 13.7. The van der Waals surface area contributed by atoms with Crippen molar-refractivity contribution < 1.29 is 14.3 Å². The van der Waals surface area contributed by atoms with Crippen LogP contribution in [0.15, 0.2) is 28.6 Å². The molecule has 1 aromatic heterocycles. The number of piperidine rings is 1. The molecule has 1 fully saturated rings. The van der Waals surface area contributed by atoms with Crippen molar-refractivity contribution in [3.63, 3.8) is 0 Å². The molecule has 2 amide bonds. The molecule has 0 aliphatic carbocycles. The largest absolute Gasteiger partial charge is 0.444 e. The Kier molecular flexibility index (Phi) is 9.87. The van der Waals surface area contributed by atoms with Gasteiger partial charge in [-0.3, -0.25) is 9.59 Å². The van der Waals surface area contributed by atoms with E-state index in [0.717, 1.165) is 47.3 Å². The number of aryl methyl sites for hydroxylation is 2. The van der Waals surface area contributed by atoms with E-state index in [9.17, 15) is 14.4 Å². The molecule has 1 aromatic carbocycles. The lowest BCUT2D eigenvalue weighted by atomic mass is 9.84. The molecule has 8 heteroatoms. The second-order valence-electron chi connectivity index (χ2n) is 11.9. The summed E-state index contributed by atoms with van der Waals surface area (Å²) in [4.78, 5) is 43.4. The van der Waals surface area contributed by atoms with Crippen LogP contribution in [0.2, 0.25) is 0 Å². The smallest absolute Gasteiger partial charge is 0.410 e. The first-order valence-electron chi connectivity index (χ1n) is 14.2. The third kappa shape index (κ3) is 7.34. The predicted molar refractivity (Wildman–Crippen MR) is 162 cm³/mol. The quantitative estimate of drug-likeness (QED) is 0.376. The molecule has 0 radical (unpaired) electrons. The average molecular weight is 551 g/mol. The van der Waals surface area contributed by atoms with Crippen molar-refractivity contribution in [2.75, 3.05) is 25.5 Å². The minimum absolute atomic E-state index is 0.139. The molecule has 0 unspecified atom stereocenters. The van der Waals surface area contributed by atoms with Gasteiger partial charge in [-0.15, -0.1) is 0 Å². The lowest BCUT2D eigenvalue weighted by Crippen LogP contribution is -2.41. The molecule has 0 spiro atoms. The SMILES string of the molecule is CCC(=C(C)C)c1cc(C2CCN(C(=O)OC(C)(C)C)CC2)cc(C(=O)NCc2c(C)cc(C)[nH]c2=O)c1NC. The number of carbonyl (C=O) groups excluding carboxylic acids is 2. The summed E-state index contributed by atoms with van der Waals surface area (Å²) in [5, 5.41) is 6.28. The number of pyridine rings is 1. The third-order valence-corrected chi connectivity index (χ3v) is 7.48. The highest BCUT2D eigenvalue weighted by molar-refractivity contribution is 6.02. The number of hydrogen-bond acceptors (Lipinski definition) is 5. The number of anilines is 1. The summed E-state index contributed by atoms with van der Waals surface area (Å²) in [7, 11) is 1.84. The summed E-state index contributed by atoms with van der Waals surface area (Å²) in [6.07, 6.45) is 2.12. The number of allylic oxidation sites excluding steroid dienone is 2. The van der Waals surface area contributed by atoms with E-state index in [2.05, 4.69) is 42.5 Å². The lowest BCUT2D eigenvalue weighted by Gasteiger charge is -2.34. The van der Waals surface area contributed by atoms with Crippen molar-refractivity contribution in [3.05, 3.63) is 67.6 Å². The second-order valence-corrected chi connectivity index (χ2v) is 11.9. The Labute approximate surface area is 238 Å². The number of rotatable bonds is 7. The van der Waals surface area contributed by atoms with E-state index in [1.165, 1.54) is 11.1 Å². The van der Waals surface area contributed by atoms with Crippen molar-refractivity contribution in [3.8, 4) is 0 Å². The molecule has 1 saturated heterocycles. The fourth-order valence-electron chi connectivity index (χ4n) is 5.49. The van der Waals surface area contributed by atoms with Crippen LogP contribution in [0.3, 0.4) is 0 Å². The first-order chi connectivity index (χ1) is 18.7. The fraction of sp³-hybridized carbons (Fsp3) is 0.531. The van der Waals surface area contributed by atoms with E-state index >= 15 is 0 Å². The number of ether oxygens (including phenoxy) is 1. The second kappa shape index (κ2) is 12.7. The van der Waals surface area contributed by atoms with Gasteiger partial charge in [-0.05, 0) is 109 Å². The Bertz CT molecular complexity index is 1340. The van der Waals surface area contributed by atoms with Gasteiger partial charge in [0.2, 0.25) is 0 Å². The Morgan fingerprint density at radius 3 is 2.23 bits per heavy atom. The molecule has 2 heterocycles. The number of amides is 2. The molecule has 0 saturated carbocycles. The van der Waals surface area contributed by atoms with Crippen molar-refractivity contribution in [2.24, 2.45) is 0 Å². The predicted octanol–water partition coefficient (Wildman–Crippen LogP) is 6.28. The van der Waals surface area contributed by atoms with Crippen LogP contribution in [-0.2, 0) is 11.3 Å². The summed E-state index contributed by atoms with van der Waals surface area (Å²) in [5.74, 6) is -0.0328. The average Bonchev–Trinajstić information content (AvgIpc) is 2.86. The van der Waals surface area contributed by atoms with Crippen LogP contribution in [0, 0.1) is 13.8 Å². The zero-order chi connectivity index (χ0) is 29.8. The molecule has 3 N–H and O–H groups in total. The van der Waals surface area contributed by atoms with Crippen LogP contribution in [0.1, 0.15) is 105 Å². The highest BCUT2D eigenvalue weighted by atomic mass is 16.6. The van der Waals surface area contributed by atoms with E-state index in [-0.39, 0.29) is 30.0 Å². The fourth-order valence-corrected chi connectivity index (χ4v) is 5.49. The molecule has 0 bridgehead atoms. The van der Waals surface area contributed by atoms with E-state index in [4.69, 9.17) is 4.74 Å². The van der Waals surface area contributed by atoms with Crippen LogP contribution < -0.4 is 16.2 Å². The lowest BCUT2D eigenvalue weighted by molar-refractivity contribution is 0.0205. The number of aromatic nitrogens is 1. The summed E-state index contributed by atoms with van der Waals surface area (Å²) >= 11 is 0. The maximum Gasteiger partial charge on any atom is 0.410 e. The monoisotopic (exact) mass is 550 g/mol. The van der Waals surface area contributed by atoms with E-state index in [0.29, 0.717) is 24.2 Å². The van der Waals surface area contributed by atoms with Gasteiger partial charge in [0.15, 0.2) is 0 Å². The van der Waals surface area contributed by atoms with Crippen molar-refractivity contribution in [2.45, 2.75) is 92.7 Å². The highest BCUT2D eigenvalue weighted by Gasteiger charge is 2.29. The zero-order valence-electron chi connectivity index (χ0n) is 25.6. The first-order valence-corrected chi connectivity index (χ1v) is 14.2. The first kappa shape index (κ1) is 31.0. The molecule has 2 aromatic rings. The van der Waals surface area contributed by atoms with Gasteiger partial charge in [0.25, 0.3) is 11.5 Å². The van der Waals surface area contributed by atoms with Crippen molar-refractivity contribution in [1.29, 1.82) is 0 Å². The van der Waals surface area contributed by atoms with E-state index in [1.54, 1.807) is 4.90 Å². The van der Waals surface area contributed by atoms with Gasteiger partial charge in [-0.1, -0.05) is 12.5 Å². The number of carbonyl (C=O) groups is 2. The van der Waals surface area contributed by atoms with Gasteiger partial charge < -0.3 is 25.3 Å². The van der Waals surface area contributed by atoms with Crippen molar-refractivity contribution >= 4 is 23.3 Å². The summed E-state index contributed by atoms with van der Waals surface area (Å²) in [5.41, 5.74) is 7.30. The summed E-state index contributed by atoms with van der Waals surface area (Å²) < 4.78 is 5.57. The molecule has 1 aliphatic rings. The maximum atomic E-state index is 13.7. The Morgan fingerprint density at radius 1 is 1.07 bits per heavy atom. The standard InChI is InChI=1S/C32H46N4O4/c1-10-24(19(2)3)25-16-23(22-11-13-36(14-12-22)31(39)40-32(6,7)8)17-26(28(25)33-9)29(37)34-18-27-20(4)15-21(5)35-30(27)38/h15-17,22,33H,10-14,18H2,1-9H3,(H,34,37)(H,35,38). The van der Waals surface area contributed by atoms with Crippen LogP contribution in [0.5, 0.6) is 0 Å². The number of likely N-dealkylation sites (tertiary alicyclic amines) is 1. The van der Waals surface area contributed by atoms with Gasteiger partial charge in [-0.2, -0.15) is 0 Å². The normalized spacial score (nSPS) is 14.1. The summed E-state index contributed by atoms with van der Waals surface area (Å²) in [6.45, 7) is 17.0. The highest BCUT2D eigenvalue weighted by Crippen LogP contribution is 2.37. The van der Waals surface area contributed by atoms with Crippen LogP contribution in [-0.4, -0.2) is 47.6 Å². The van der Waals surface area contributed by atoms with Crippen LogP contribution >= 0.6 is 0 Å². The van der Waals surface area contributed by atoms with Gasteiger partial charge in [0, 0.05) is 43.5 Å². The van der Waals surface area contributed by atoms with Crippen LogP contribution in [0.4, 0.5) is 10.5 Å². The number of hydrogen-bond donors (Lipinski definition) is 3. The minimum atomic E-state index is -0.531. The molecule has 8 nitrogen and oxygen atoms in total. The number of benzene rings is 1. The minimum Gasteiger partial charge on any atom is -0.444 e.